The van der Waals surface area contributed by atoms with Crippen LogP contribution in [0.15, 0.2) is 0 Å². The zero-order valence-corrected chi connectivity index (χ0v) is 13.6. The standard InChI is InChI=1S/C13H32N2Si/c1-8-12(4)16(13(5,6)7)14-11-15(9-2)10-3/h12,14,16H,8-11H2,1-7H3. The molecule has 0 saturated heterocycles. The Morgan fingerprint density at radius 2 is 1.62 bits per heavy atom. The molecule has 2 unspecified atom stereocenters. The number of hydrogen-bond acceptors (Lipinski definition) is 2. The second-order valence-electron chi connectivity index (χ2n) is 5.89. The third-order valence-corrected chi connectivity index (χ3v) is 7.67. The van der Waals surface area contributed by atoms with Gasteiger partial charge in [-0.1, -0.05) is 54.9 Å². The number of nitrogens with one attached hydrogen (secondary N) is 1. The van der Waals surface area contributed by atoms with Gasteiger partial charge in [0.15, 0.2) is 0 Å². The molecule has 0 amide bonds. The van der Waals surface area contributed by atoms with Crippen molar-refractivity contribution in [3.8, 4) is 0 Å². The highest BCUT2D eigenvalue weighted by Crippen LogP contribution is 2.33. The van der Waals surface area contributed by atoms with Gasteiger partial charge >= 0.3 is 0 Å². The van der Waals surface area contributed by atoms with E-state index in [0.717, 1.165) is 25.3 Å². The molecule has 0 rings (SSSR count). The Morgan fingerprint density at radius 3 is 1.94 bits per heavy atom. The summed E-state index contributed by atoms with van der Waals surface area (Å²) in [5.41, 5.74) is 0.871. The van der Waals surface area contributed by atoms with Crippen molar-refractivity contribution in [3.05, 3.63) is 0 Å². The van der Waals surface area contributed by atoms with Crippen LogP contribution in [0.25, 0.3) is 0 Å². The van der Waals surface area contributed by atoms with E-state index in [1.54, 1.807) is 0 Å². The number of hydrogen-bond donors (Lipinski definition) is 1. The van der Waals surface area contributed by atoms with E-state index in [-0.39, 0.29) is 0 Å². The van der Waals surface area contributed by atoms with E-state index in [1.165, 1.54) is 6.42 Å². The lowest BCUT2D eigenvalue weighted by Gasteiger charge is -2.36. The summed E-state index contributed by atoms with van der Waals surface area (Å²) in [5, 5.41) is 0.475. The number of nitrogens with zero attached hydrogens (tertiary/aromatic N) is 1. The maximum Gasteiger partial charge on any atom is 0.118 e. The van der Waals surface area contributed by atoms with Gasteiger partial charge in [0.2, 0.25) is 0 Å². The Kier molecular flexibility index (Phi) is 7.52. The van der Waals surface area contributed by atoms with Crippen LogP contribution in [0.3, 0.4) is 0 Å². The van der Waals surface area contributed by atoms with Gasteiger partial charge in [0.25, 0.3) is 0 Å². The van der Waals surface area contributed by atoms with Gasteiger partial charge in [0.05, 0.1) is 0 Å². The third-order valence-electron chi connectivity index (χ3n) is 3.58. The first-order valence-electron chi connectivity index (χ1n) is 6.82. The van der Waals surface area contributed by atoms with Crippen LogP contribution < -0.4 is 4.98 Å². The normalized spacial score (nSPS) is 16.5. The highest BCUT2D eigenvalue weighted by Gasteiger charge is 2.30. The summed E-state index contributed by atoms with van der Waals surface area (Å²) < 4.78 is 0. The molecule has 0 spiro atoms. The first-order chi connectivity index (χ1) is 7.36. The fraction of sp³-hybridized carbons (Fsp3) is 1.00. The van der Waals surface area contributed by atoms with E-state index in [2.05, 4.69) is 58.3 Å². The fourth-order valence-corrected chi connectivity index (χ4v) is 5.92. The molecule has 0 radical (unpaired) electrons. The van der Waals surface area contributed by atoms with Gasteiger partial charge in [-0.25, -0.2) is 0 Å². The summed E-state index contributed by atoms with van der Waals surface area (Å²) in [7, 11) is -0.892. The lowest BCUT2D eigenvalue weighted by molar-refractivity contribution is 0.297. The first-order valence-corrected chi connectivity index (χ1v) is 8.64. The molecular weight excluding hydrogens is 212 g/mol. The van der Waals surface area contributed by atoms with Crippen LogP contribution in [-0.4, -0.2) is 33.6 Å². The second-order valence-corrected chi connectivity index (χ2v) is 10.1. The van der Waals surface area contributed by atoms with Gasteiger partial charge in [-0.15, -0.1) is 0 Å². The second kappa shape index (κ2) is 7.46. The van der Waals surface area contributed by atoms with Crippen LogP contribution in [0, 0.1) is 0 Å². The molecule has 0 fully saturated rings. The Labute approximate surface area is 104 Å². The van der Waals surface area contributed by atoms with Gasteiger partial charge in [0, 0.05) is 6.67 Å². The van der Waals surface area contributed by atoms with Crippen LogP contribution in [0.2, 0.25) is 10.6 Å². The maximum atomic E-state index is 3.88. The first kappa shape index (κ1) is 16.1. The van der Waals surface area contributed by atoms with E-state index in [4.69, 9.17) is 0 Å². The zero-order valence-electron chi connectivity index (χ0n) is 12.4. The van der Waals surface area contributed by atoms with Crippen molar-refractivity contribution < 1.29 is 0 Å². The topological polar surface area (TPSA) is 15.3 Å². The molecule has 1 N–H and O–H groups in total. The van der Waals surface area contributed by atoms with Gasteiger partial charge in [-0.05, 0) is 23.7 Å². The zero-order chi connectivity index (χ0) is 12.8. The highest BCUT2D eigenvalue weighted by molar-refractivity contribution is 6.60. The van der Waals surface area contributed by atoms with Gasteiger partial charge in [0.1, 0.15) is 8.96 Å². The average Bonchev–Trinajstić information content (AvgIpc) is 2.22. The summed E-state index contributed by atoms with van der Waals surface area (Å²) in [5.74, 6) is 0. The minimum Gasteiger partial charge on any atom is -0.327 e. The van der Waals surface area contributed by atoms with E-state index in [1.807, 2.05) is 0 Å². The lowest BCUT2D eigenvalue weighted by Crippen LogP contribution is -2.49. The van der Waals surface area contributed by atoms with Crippen molar-refractivity contribution in [3.63, 3.8) is 0 Å². The lowest BCUT2D eigenvalue weighted by atomic mass is 10.2. The Hall–Kier alpha value is 0.137. The molecule has 2 nitrogen and oxygen atoms in total. The SMILES string of the molecule is CCC(C)[SiH](NCN(CC)CC)C(C)(C)C. The summed E-state index contributed by atoms with van der Waals surface area (Å²) in [6.45, 7) is 19.8. The average molecular weight is 244 g/mol. The van der Waals surface area contributed by atoms with E-state index < -0.39 is 8.96 Å². The molecular formula is C13H32N2Si. The summed E-state index contributed by atoms with van der Waals surface area (Å²) in [6, 6.07) is 0. The van der Waals surface area contributed by atoms with Crippen molar-refractivity contribution in [1.29, 1.82) is 0 Å². The molecule has 0 heterocycles. The Bertz CT molecular complexity index is 173. The summed E-state index contributed by atoms with van der Waals surface area (Å²) in [4.78, 5) is 6.34. The van der Waals surface area contributed by atoms with Crippen LogP contribution >= 0.6 is 0 Å². The molecule has 0 aliphatic carbocycles. The van der Waals surface area contributed by atoms with Crippen molar-refractivity contribution >= 4 is 8.96 Å². The van der Waals surface area contributed by atoms with E-state index >= 15 is 0 Å². The fourth-order valence-electron chi connectivity index (χ4n) is 2.27. The molecule has 0 aliphatic heterocycles. The van der Waals surface area contributed by atoms with Crippen LogP contribution in [0.4, 0.5) is 0 Å². The minimum absolute atomic E-state index is 0.475. The molecule has 16 heavy (non-hydrogen) atoms. The quantitative estimate of drug-likeness (QED) is 0.546. The third kappa shape index (κ3) is 5.46. The Morgan fingerprint density at radius 1 is 1.12 bits per heavy atom. The molecule has 0 aromatic carbocycles. The molecule has 0 aliphatic rings. The molecule has 0 saturated carbocycles. The molecule has 2 atom stereocenters. The summed E-state index contributed by atoms with van der Waals surface area (Å²) in [6.07, 6.45) is 1.30. The minimum atomic E-state index is -0.892. The molecule has 3 heteroatoms. The molecule has 0 bridgehead atoms. The van der Waals surface area contributed by atoms with Crippen LogP contribution in [-0.2, 0) is 0 Å². The predicted octanol–water partition coefficient (Wildman–Crippen LogP) is 3.20. The number of rotatable bonds is 7. The van der Waals surface area contributed by atoms with E-state index in [9.17, 15) is 0 Å². The van der Waals surface area contributed by atoms with Crippen LogP contribution in [0.5, 0.6) is 0 Å². The van der Waals surface area contributed by atoms with Crippen molar-refractivity contribution in [2.45, 2.75) is 65.5 Å². The molecule has 0 aromatic heterocycles. The van der Waals surface area contributed by atoms with E-state index in [0.29, 0.717) is 5.04 Å². The Balaban J connectivity index is 4.33. The maximum absolute atomic E-state index is 3.88. The van der Waals surface area contributed by atoms with Crippen molar-refractivity contribution in [2.75, 3.05) is 19.8 Å². The molecule has 98 valence electrons. The highest BCUT2D eigenvalue weighted by atomic mass is 28.3. The van der Waals surface area contributed by atoms with Crippen molar-refractivity contribution in [2.24, 2.45) is 0 Å². The summed E-state index contributed by atoms with van der Waals surface area (Å²) >= 11 is 0. The van der Waals surface area contributed by atoms with Gasteiger partial charge in [-0.3, -0.25) is 4.90 Å². The predicted molar refractivity (Wildman–Crippen MR) is 77.5 cm³/mol. The smallest absolute Gasteiger partial charge is 0.118 e. The van der Waals surface area contributed by atoms with Gasteiger partial charge < -0.3 is 4.98 Å². The monoisotopic (exact) mass is 244 g/mol. The van der Waals surface area contributed by atoms with Crippen LogP contribution in [0.1, 0.15) is 54.9 Å². The van der Waals surface area contributed by atoms with Crippen molar-refractivity contribution in [1.82, 2.24) is 9.88 Å². The largest absolute Gasteiger partial charge is 0.327 e. The molecule has 0 aromatic rings. The van der Waals surface area contributed by atoms with Gasteiger partial charge in [-0.2, -0.15) is 0 Å².